The zero-order chi connectivity index (χ0) is 14.5. The summed E-state index contributed by atoms with van der Waals surface area (Å²) in [4.78, 5) is 0. The van der Waals surface area contributed by atoms with Crippen LogP contribution in [0.25, 0.3) is 0 Å². The Morgan fingerprint density at radius 3 is 2.85 bits per heavy atom. The molecule has 1 fully saturated rings. The topological polar surface area (TPSA) is 30.5 Å². The van der Waals surface area contributed by atoms with Crippen LogP contribution >= 0.6 is 11.6 Å². The highest BCUT2D eigenvalue weighted by atomic mass is 35.5. The Kier molecular flexibility index (Phi) is 5.70. The van der Waals surface area contributed by atoms with Crippen molar-refractivity contribution in [2.75, 3.05) is 20.3 Å². The van der Waals surface area contributed by atoms with E-state index in [1.807, 2.05) is 12.1 Å². The van der Waals surface area contributed by atoms with Crippen LogP contribution in [0, 0.1) is 5.92 Å². The highest BCUT2D eigenvalue weighted by Gasteiger charge is 2.30. The van der Waals surface area contributed by atoms with Crippen molar-refractivity contribution < 1.29 is 9.47 Å². The molecular formula is C16H24ClNO2. The lowest BCUT2D eigenvalue weighted by molar-refractivity contribution is 0.117. The van der Waals surface area contributed by atoms with Crippen LogP contribution in [-0.4, -0.2) is 26.4 Å². The zero-order valence-corrected chi connectivity index (χ0v) is 13.2. The van der Waals surface area contributed by atoms with Gasteiger partial charge in [-0.05, 0) is 44.0 Å². The maximum Gasteiger partial charge on any atom is 0.137 e. The van der Waals surface area contributed by atoms with Crippen LogP contribution in [0.2, 0.25) is 5.02 Å². The fourth-order valence-electron chi connectivity index (χ4n) is 2.82. The van der Waals surface area contributed by atoms with Crippen LogP contribution in [0.3, 0.4) is 0 Å². The lowest BCUT2D eigenvalue weighted by atomic mass is 9.91. The summed E-state index contributed by atoms with van der Waals surface area (Å²) >= 11 is 6.26. The van der Waals surface area contributed by atoms with Gasteiger partial charge >= 0.3 is 0 Å². The fraction of sp³-hybridized carbons (Fsp3) is 0.625. The molecule has 20 heavy (non-hydrogen) atoms. The molecule has 0 aromatic heterocycles. The third-order valence-corrected chi connectivity index (χ3v) is 4.15. The van der Waals surface area contributed by atoms with Crippen LogP contribution in [0.4, 0.5) is 0 Å². The molecule has 0 amide bonds. The van der Waals surface area contributed by atoms with Crippen molar-refractivity contribution in [2.24, 2.45) is 5.92 Å². The zero-order valence-electron chi connectivity index (χ0n) is 12.5. The molecule has 2 rings (SSSR count). The SMILES string of the molecule is CCCNC(c1ccc(OC)c(Cl)c1)C1COC(C)C1. The maximum absolute atomic E-state index is 6.26. The van der Waals surface area contributed by atoms with Gasteiger partial charge in [-0.1, -0.05) is 24.6 Å². The minimum Gasteiger partial charge on any atom is -0.495 e. The molecule has 0 aliphatic carbocycles. The molecule has 4 heteroatoms. The number of benzene rings is 1. The Balaban J connectivity index is 2.19. The fourth-order valence-corrected chi connectivity index (χ4v) is 3.08. The third kappa shape index (κ3) is 3.66. The van der Waals surface area contributed by atoms with Gasteiger partial charge in [0.05, 0.1) is 24.8 Å². The number of hydrogen-bond donors (Lipinski definition) is 1. The van der Waals surface area contributed by atoms with Gasteiger partial charge in [-0.15, -0.1) is 0 Å². The van der Waals surface area contributed by atoms with E-state index in [1.54, 1.807) is 7.11 Å². The van der Waals surface area contributed by atoms with Crippen molar-refractivity contribution >= 4 is 11.6 Å². The van der Waals surface area contributed by atoms with E-state index in [9.17, 15) is 0 Å². The van der Waals surface area contributed by atoms with Crippen molar-refractivity contribution in [1.82, 2.24) is 5.32 Å². The summed E-state index contributed by atoms with van der Waals surface area (Å²) in [5.41, 5.74) is 1.21. The lowest BCUT2D eigenvalue weighted by Gasteiger charge is -2.25. The first-order valence-corrected chi connectivity index (χ1v) is 7.72. The average molecular weight is 298 g/mol. The van der Waals surface area contributed by atoms with Crippen molar-refractivity contribution in [3.8, 4) is 5.75 Å². The van der Waals surface area contributed by atoms with Gasteiger partial charge in [0, 0.05) is 12.0 Å². The molecule has 112 valence electrons. The van der Waals surface area contributed by atoms with Crippen LogP contribution in [0.1, 0.15) is 38.3 Å². The van der Waals surface area contributed by atoms with Gasteiger partial charge in [-0.3, -0.25) is 0 Å². The second-order valence-electron chi connectivity index (χ2n) is 5.47. The first-order valence-electron chi connectivity index (χ1n) is 7.34. The van der Waals surface area contributed by atoms with Crippen LogP contribution < -0.4 is 10.1 Å². The third-order valence-electron chi connectivity index (χ3n) is 3.85. The molecule has 0 saturated carbocycles. The van der Waals surface area contributed by atoms with Gasteiger partial charge in [-0.2, -0.15) is 0 Å². The average Bonchev–Trinajstić information content (AvgIpc) is 2.86. The van der Waals surface area contributed by atoms with Crippen molar-refractivity contribution in [2.45, 2.75) is 38.8 Å². The van der Waals surface area contributed by atoms with E-state index in [0.29, 0.717) is 23.1 Å². The van der Waals surface area contributed by atoms with Crippen LogP contribution in [-0.2, 0) is 4.74 Å². The van der Waals surface area contributed by atoms with Gasteiger partial charge in [0.1, 0.15) is 5.75 Å². The van der Waals surface area contributed by atoms with Gasteiger partial charge < -0.3 is 14.8 Å². The van der Waals surface area contributed by atoms with Crippen molar-refractivity contribution in [3.63, 3.8) is 0 Å². The lowest BCUT2D eigenvalue weighted by Crippen LogP contribution is -2.29. The molecule has 1 saturated heterocycles. The van der Waals surface area contributed by atoms with Gasteiger partial charge in [0.2, 0.25) is 0 Å². The summed E-state index contributed by atoms with van der Waals surface area (Å²) in [6.45, 7) is 6.13. The predicted octanol–water partition coefficient (Wildman–Crippen LogP) is 3.81. The molecule has 3 nitrogen and oxygen atoms in total. The monoisotopic (exact) mass is 297 g/mol. The molecule has 1 heterocycles. The summed E-state index contributed by atoms with van der Waals surface area (Å²) in [5.74, 6) is 1.22. The van der Waals surface area contributed by atoms with E-state index in [4.69, 9.17) is 21.1 Å². The summed E-state index contributed by atoms with van der Waals surface area (Å²) in [6.07, 6.45) is 2.55. The number of nitrogens with one attached hydrogen (secondary N) is 1. The molecule has 0 spiro atoms. The van der Waals surface area contributed by atoms with E-state index in [1.165, 1.54) is 5.56 Å². The van der Waals surface area contributed by atoms with E-state index < -0.39 is 0 Å². The molecule has 1 aliphatic heterocycles. The van der Waals surface area contributed by atoms with E-state index >= 15 is 0 Å². The van der Waals surface area contributed by atoms with Crippen molar-refractivity contribution in [1.29, 1.82) is 0 Å². The second kappa shape index (κ2) is 7.30. The van der Waals surface area contributed by atoms with Gasteiger partial charge in [-0.25, -0.2) is 0 Å². The Hall–Kier alpha value is -0.770. The molecule has 3 unspecified atom stereocenters. The number of ether oxygens (including phenoxy) is 2. The summed E-state index contributed by atoms with van der Waals surface area (Å²) in [5, 5.41) is 4.30. The normalized spacial score (nSPS) is 23.8. The van der Waals surface area contributed by atoms with E-state index in [2.05, 4.69) is 25.2 Å². The Morgan fingerprint density at radius 1 is 1.50 bits per heavy atom. The molecule has 0 radical (unpaired) electrons. The highest BCUT2D eigenvalue weighted by Crippen LogP contribution is 2.35. The van der Waals surface area contributed by atoms with E-state index in [0.717, 1.165) is 31.7 Å². The standard InChI is InChI=1S/C16H24ClNO2/c1-4-7-18-16(13-8-11(2)20-10-13)12-5-6-15(19-3)14(17)9-12/h5-6,9,11,13,16,18H,4,7-8,10H2,1-3H3. The number of halogens is 1. The molecule has 0 bridgehead atoms. The molecule has 1 aromatic carbocycles. The van der Waals surface area contributed by atoms with Crippen LogP contribution in [0.5, 0.6) is 5.75 Å². The van der Waals surface area contributed by atoms with Gasteiger partial charge in [0.25, 0.3) is 0 Å². The first-order chi connectivity index (χ1) is 9.65. The minimum atomic E-state index is 0.295. The molecular weight excluding hydrogens is 274 g/mol. The maximum atomic E-state index is 6.26. The first kappa shape index (κ1) is 15.6. The second-order valence-corrected chi connectivity index (χ2v) is 5.87. The quantitative estimate of drug-likeness (QED) is 0.866. The Bertz CT molecular complexity index is 438. The van der Waals surface area contributed by atoms with E-state index in [-0.39, 0.29) is 0 Å². The summed E-state index contributed by atoms with van der Waals surface area (Å²) in [6, 6.07) is 6.35. The van der Waals surface area contributed by atoms with Crippen LogP contribution in [0.15, 0.2) is 18.2 Å². The minimum absolute atomic E-state index is 0.295. The largest absolute Gasteiger partial charge is 0.495 e. The smallest absolute Gasteiger partial charge is 0.137 e. The van der Waals surface area contributed by atoms with Crippen molar-refractivity contribution in [3.05, 3.63) is 28.8 Å². The molecule has 1 N–H and O–H groups in total. The highest BCUT2D eigenvalue weighted by molar-refractivity contribution is 6.32. The number of hydrogen-bond acceptors (Lipinski definition) is 3. The number of rotatable bonds is 6. The summed E-state index contributed by atoms with van der Waals surface area (Å²) < 4.78 is 11.0. The predicted molar refractivity (Wildman–Crippen MR) is 82.6 cm³/mol. The Morgan fingerprint density at radius 2 is 2.30 bits per heavy atom. The number of methoxy groups -OCH3 is 1. The molecule has 1 aliphatic rings. The Labute approximate surface area is 126 Å². The summed E-state index contributed by atoms with van der Waals surface area (Å²) in [7, 11) is 1.64. The van der Waals surface area contributed by atoms with Gasteiger partial charge in [0.15, 0.2) is 0 Å². The molecule has 3 atom stereocenters. The molecule has 1 aromatic rings.